The molecule has 0 radical (unpaired) electrons. The van der Waals surface area contributed by atoms with Gasteiger partial charge in [-0.2, -0.15) is 0 Å². The van der Waals surface area contributed by atoms with Gasteiger partial charge in [0.25, 0.3) is 0 Å². The molecule has 0 saturated heterocycles. The average Bonchev–Trinajstić information content (AvgIpc) is 2.72. The first kappa shape index (κ1) is 20.3. The van der Waals surface area contributed by atoms with Gasteiger partial charge in [0.2, 0.25) is 0 Å². The lowest BCUT2D eigenvalue weighted by molar-refractivity contribution is 0.596. The van der Waals surface area contributed by atoms with Crippen molar-refractivity contribution in [3.8, 4) is 22.4 Å². The van der Waals surface area contributed by atoms with E-state index in [9.17, 15) is 0 Å². The van der Waals surface area contributed by atoms with E-state index in [0.29, 0.717) is 5.92 Å². The average molecular weight is 395 g/mol. The molecule has 4 rings (SSSR count). The molecular formula is C28H30N2. The normalized spacial score (nSPS) is 11.9. The molecule has 0 aliphatic carbocycles. The molecule has 0 fully saturated rings. The van der Waals surface area contributed by atoms with Crippen LogP contribution in [-0.4, -0.2) is 9.97 Å². The number of pyridine rings is 2. The van der Waals surface area contributed by atoms with E-state index < -0.39 is 0 Å². The van der Waals surface area contributed by atoms with Gasteiger partial charge >= 0.3 is 0 Å². The quantitative estimate of drug-likeness (QED) is 0.359. The summed E-state index contributed by atoms with van der Waals surface area (Å²) in [5.74, 6) is 0.669. The lowest BCUT2D eigenvalue weighted by Gasteiger charge is -2.22. The lowest BCUT2D eigenvalue weighted by atomic mass is 9.82. The van der Waals surface area contributed by atoms with Crippen LogP contribution in [0.1, 0.15) is 45.7 Å². The summed E-state index contributed by atoms with van der Waals surface area (Å²) >= 11 is 0. The molecule has 0 spiro atoms. The Morgan fingerprint density at radius 2 is 1.57 bits per heavy atom. The molecule has 0 aliphatic heterocycles. The van der Waals surface area contributed by atoms with Gasteiger partial charge in [-0.3, -0.25) is 9.97 Å². The molecule has 0 bridgehead atoms. The SMILES string of the molecule is CC(C)Cc1ccc(-c2ccnc(-c3cc(C(C)(C)C)c4ccncc4c3)c2)cc1. The molecule has 2 nitrogen and oxygen atoms in total. The Hall–Kier alpha value is -3.00. The number of hydrogen-bond acceptors (Lipinski definition) is 2. The van der Waals surface area contributed by atoms with Gasteiger partial charge in [-0.15, -0.1) is 0 Å². The second-order valence-corrected chi connectivity index (χ2v) is 9.60. The van der Waals surface area contributed by atoms with Crippen LogP contribution in [0, 0.1) is 5.92 Å². The smallest absolute Gasteiger partial charge is 0.0708 e. The molecule has 2 aromatic heterocycles. The Bertz CT molecular complexity index is 1170. The first-order chi connectivity index (χ1) is 14.3. The van der Waals surface area contributed by atoms with Crippen LogP contribution in [0.2, 0.25) is 0 Å². The highest BCUT2D eigenvalue weighted by Gasteiger charge is 2.18. The summed E-state index contributed by atoms with van der Waals surface area (Å²) in [6.07, 6.45) is 6.85. The van der Waals surface area contributed by atoms with E-state index in [1.165, 1.54) is 27.6 Å². The minimum atomic E-state index is 0.0411. The van der Waals surface area contributed by atoms with Crippen molar-refractivity contribution in [3.63, 3.8) is 0 Å². The third-order valence-electron chi connectivity index (χ3n) is 5.55. The summed E-state index contributed by atoms with van der Waals surface area (Å²) < 4.78 is 0. The van der Waals surface area contributed by atoms with Crippen molar-refractivity contribution in [1.82, 2.24) is 9.97 Å². The Labute approximate surface area is 180 Å². The van der Waals surface area contributed by atoms with Gasteiger partial charge in [0.1, 0.15) is 0 Å². The molecule has 0 amide bonds. The third kappa shape index (κ3) is 4.28. The van der Waals surface area contributed by atoms with Crippen molar-refractivity contribution in [2.45, 2.75) is 46.5 Å². The summed E-state index contributed by atoms with van der Waals surface area (Å²) in [5, 5.41) is 2.42. The summed E-state index contributed by atoms with van der Waals surface area (Å²) in [4.78, 5) is 9.05. The number of nitrogens with zero attached hydrogens (tertiary/aromatic N) is 2. The fourth-order valence-corrected chi connectivity index (χ4v) is 4.05. The van der Waals surface area contributed by atoms with Crippen LogP contribution in [0.25, 0.3) is 33.2 Å². The van der Waals surface area contributed by atoms with E-state index in [0.717, 1.165) is 23.1 Å². The summed E-state index contributed by atoms with van der Waals surface area (Å²) in [6, 6.07) is 19.8. The molecule has 2 heterocycles. The molecule has 0 N–H and O–H groups in total. The highest BCUT2D eigenvalue weighted by Crippen LogP contribution is 2.34. The van der Waals surface area contributed by atoms with E-state index in [1.807, 2.05) is 18.6 Å². The van der Waals surface area contributed by atoms with Crippen LogP contribution in [0.4, 0.5) is 0 Å². The number of hydrogen-bond donors (Lipinski definition) is 0. The molecule has 30 heavy (non-hydrogen) atoms. The monoisotopic (exact) mass is 394 g/mol. The zero-order chi connectivity index (χ0) is 21.3. The molecule has 0 unspecified atom stereocenters. The number of rotatable bonds is 4. The summed E-state index contributed by atoms with van der Waals surface area (Å²) in [6.45, 7) is 11.3. The van der Waals surface area contributed by atoms with Gasteiger partial charge in [-0.05, 0) is 75.7 Å². The molecule has 0 atom stereocenters. The minimum Gasteiger partial charge on any atom is -0.264 e. The van der Waals surface area contributed by atoms with E-state index >= 15 is 0 Å². The Morgan fingerprint density at radius 3 is 2.27 bits per heavy atom. The number of aromatic nitrogens is 2. The zero-order valence-electron chi connectivity index (χ0n) is 18.6. The third-order valence-corrected chi connectivity index (χ3v) is 5.55. The van der Waals surface area contributed by atoms with Crippen LogP contribution in [0.5, 0.6) is 0 Å². The standard InChI is InChI=1S/C28H30N2/c1-19(2)14-20-6-8-21(9-7-20)22-10-13-30-27(17-22)23-15-24-18-29-12-11-25(24)26(16-23)28(3,4)5/h6-13,15-19H,14H2,1-5H3. The lowest BCUT2D eigenvalue weighted by Crippen LogP contribution is -2.12. The Morgan fingerprint density at radius 1 is 0.800 bits per heavy atom. The van der Waals surface area contributed by atoms with Crippen molar-refractivity contribution < 1.29 is 0 Å². The van der Waals surface area contributed by atoms with E-state index in [4.69, 9.17) is 4.98 Å². The van der Waals surface area contributed by atoms with Crippen molar-refractivity contribution in [1.29, 1.82) is 0 Å². The minimum absolute atomic E-state index is 0.0411. The van der Waals surface area contributed by atoms with Crippen LogP contribution in [0.15, 0.2) is 73.2 Å². The molecule has 2 heteroatoms. The molecule has 0 saturated carbocycles. The van der Waals surface area contributed by atoms with Crippen molar-refractivity contribution >= 4 is 10.8 Å². The fourth-order valence-electron chi connectivity index (χ4n) is 4.05. The molecule has 4 aromatic rings. The van der Waals surface area contributed by atoms with Crippen LogP contribution in [-0.2, 0) is 11.8 Å². The second kappa shape index (κ2) is 8.02. The predicted octanol–water partition coefficient (Wildman–Crippen LogP) is 7.46. The summed E-state index contributed by atoms with van der Waals surface area (Å²) in [7, 11) is 0. The molecule has 152 valence electrons. The Balaban J connectivity index is 1.76. The largest absolute Gasteiger partial charge is 0.264 e. The molecular weight excluding hydrogens is 364 g/mol. The van der Waals surface area contributed by atoms with Crippen molar-refractivity contribution in [3.05, 3.63) is 84.3 Å². The maximum atomic E-state index is 4.70. The molecule has 2 aromatic carbocycles. The van der Waals surface area contributed by atoms with E-state index in [2.05, 4.69) is 94.2 Å². The zero-order valence-corrected chi connectivity index (χ0v) is 18.6. The maximum Gasteiger partial charge on any atom is 0.0708 e. The van der Waals surface area contributed by atoms with Gasteiger partial charge in [-0.25, -0.2) is 0 Å². The van der Waals surface area contributed by atoms with Gasteiger partial charge in [0.15, 0.2) is 0 Å². The molecule has 0 aliphatic rings. The number of fused-ring (bicyclic) bond motifs is 1. The van der Waals surface area contributed by atoms with E-state index in [-0.39, 0.29) is 5.41 Å². The highest BCUT2D eigenvalue weighted by atomic mass is 14.7. The fraction of sp³-hybridized carbons (Fsp3) is 0.286. The van der Waals surface area contributed by atoms with Gasteiger partial charge in [-0.1, -0.05) is 58.9 Å². The second-order valence-electron chi connectivity index (χ2n) is 9.60. The van der Waals surface area contributed by atoms with Gasteiger partial charge < -0.3 is 0 Å². The topological polar surface area (TPSA) is 25.8 Å². The Kier molecular flexibility index (Phi) is 5.42. The first-order valence-electron chi connectivity index (χ1n) is 10.8. The highest BCUT2D eigenvalue weighted by molar-refractivity contribution is 5.90. The van der Waals surface area contributed by atoms with Crippen LogP contribution in [0.3, 0.4) is 0 Å². The van der Waals surface area contributed by atoms with Crippen LogP contribution < -0.4 is 0 Å². The summed E-state index contributed by atoms with van der Waals surface area (Å²) in [5.41, 5.74) is 7.31. The van der Waals surface area contributed by atoms with E-state index in [1.54, 1.807) is 0 Å². The maximum absolute atomic E-state index is 4.70. The van der Waals surface area contributed by atoms with Crippen LogP contribution >= 0.6 is 0 Å². The van der Waals surface area contributed by atoms with Gasteiger partial charge in [0.05, 0.1) is 5.69 Å². The van der Waals surface area contributed by atoms with Crippen molar-refractivity contribution in [2.24, 2.45) is 5.92 Å². The first-order valence-corrected chi connectivity index (χ1v) is 10.8. The van der Waals surface area contributed by atoms with Crippen molar-refractivity contribution in [2.75, 3.05) is 0 Å². The van der Waals surface area contributed by atoms with Gasteiger partial charge in [0, 0.05) is 29.5 Å². The number of benzene rings is 2. The predicted molar refractivity (Wildman–Crippen MR) is 128 cm³/mol.